The number of aryl methyl sites for hydroxylation is 1. The lowest BCUT2D eigenvalue weighted by molar-refractivity contribution is 1.16. The Bertz CT molecular complexity index is 368. The van der Waals surface area contributed by atoms with Crippen molar-refractivity contribution in [2.24, 2.45) is 0 Å². The highest BCUT2D eigenvalue weighted by molar-refractivity contribution is 7.03. The van der Waals surface area contributed by atoms with Gasteiger partial charge in [-0.25, -0.2) is 0 Å². The van der Waals surface area contributed by atoms with Crippen LogP contribution in [0.4, 0.5) is 0 Å². The summed E-state index contributed by atoms with van der Waals surface area (Å²) in [5, 5.41) is 5.95. The van der Waals surface area contributed by atoms with Gasteiger partial charge in [0.1, 0.15) is 5.69 Å². The Kier molecular flexibility index (Phi) is 1.87. The van der Waals surface area contributed by atoms with E-state index in [-0.39, 0.29) is 0 Å². The highest BCUT2D eigenvalue weighted by atomic mass is 32.1. The van der Waals surface area contributed by atoms with Crippen LogP contribution < -0.4 is 0 Å². The SMILES string of the molecule is Cc1cccc(-c2csnn2)c1. The second kappa shape index (κ2) is 3.03. The Morgan fingerprint density at radius 2 is 2.25 bits per heavy atom. The monoisotopic (exact) mass is 176 g/mol. The first-order chi connectivity index (χ1) is 5.86. The summed E-state index contributed by atoms with van der Waals surface area (Å²) < 4.78 is 3.82. The van der Waals surface area contributed by atoms with E-state index in [1.165, 1.54) is 17.1 Å². The second-order valence-corrected chi connectivity index (χ2v) is 3.27. The van der Waals surface area contributed by atoms with Crippen molar-refractivity contribution in [1.82, 2.24) is 9.59 Å². The van der Waals surface area contributed by atoms with Crippen LogP contribution in [0.25, 0.3) is 11.3 Å². The smallest absolute Gasteiger partial charge is 0.105 e. The number of nitrogens with zero attached hydrogens (tertiary/aromatic N) is 2. The number of hydrogen-bond acceptors (Lipinski definition) is 3. The van der Waals surface area contributed by atoms with Crippen molar-refractivity contribution in [2.45, 2.75) is 6.92 Å². The van der Waals surface area contributed by atoms with Crippen LogP contribution in [0.15, 0.2) is 29.6 Å². The van der Waals surface area contributed by atoms with Crippen LogP contribution in [-0.2, 0) is 0 Å². The van der Waals surface area contributed by atoms with Crippen LogP contribution in [0.3, 0.4) is 0 Å². The van der Waals surface area contributed by atoms with Crippen LogP contribution >= 0.6 is 11.5 Å². The molecule has 0 atom stereocenters. The molecule has 0 radical (unpaired) electrons. The summed E-state index contributed by atoms with van der Waals surface area (Å²) in [5.74, 6) is 0. The molecule has 0 aliphatic heterocycles. The van der Waals surface area contributed by atoms with Gasteiger partial charge in [-0.05, 0) is 24.5 Å². The summed E-state index contributed by atoms with van der Waals surface area (Å²) in [4.78, 5) is 0. The third kappa shape index (κ3) is 1.36. The Hall–Kier alpha value is -1.22. The normalized spacial score (nSPS) is 10.1. The van der Waals surface area contributed by atoms with E-state index in [2.05, 4.69) is 28.6 Å². The summed E-state index contributed by atoms with van der Waals surface area (Å²) in [6, 6.07) is 8.26. The highest BCUT2D eigenvalue weighted by Crippen LogP contribution is 2.18. The first kappa shape index (κ1) is 7.43. The van der Waals surface area contributed by atoms with E-state index in [0.717, 1.165) is 11.3 Å². The van der Waals surface area contributed by atoms with Gasteiger partial charge < -0.3 is 0 Å². The molecule has 0 saturated carbocycles. The van der Waals surface area contributed by atoms with Gasteiger partial charge in [-0.1, -0.05) is 28.3 Å². The molecule has 1 aromatic heterocycles. The van der Waals surface area contributed by atoms with E-state index < -0.39 is 0 Å². The van der Waals surface area contributed by atoms with Gasteiger partial charge >= 0.3 is 0 Å². The van der Waals surface area contributed by atoms with Crippen molar-refractivity contribution >= 4 is 11.5 Å². The van der Waals surface area contributed by atoms with Gasteiger partial charge in [-0.15, -0.1) is 5.10 Å². The van der Waals surface area contributed by atoms with E-state index in [0.29, 0.717) is 0 Å². The molecule has 1 aromatic carbocycles. The number of benzene rings is 1. The van der Waals surface area contributed by atoms with E-state index >= 15 is 0 Å². The Balaban J connectivity index is 2.48. The largest absolute Gasteiger partial charge is 0.138 e. The third-order valence-electron chi connectivity index (χ3n) is 1.67. The lowest BCUT2D eigenvalue weighted by Crippen LogP contribution is -1.78. The Labute approximate surface area is 75.0 Å². The molecular weight excluding hydrogens is 168 g/mol. The summed E-state index contributed by atoms with van der Waals surface area (Å²) in [6.07, 6.45) is 0. The van der Waals surface area contributed by atoms with E-state index in [4.69, 9.17) is 0 Å². The molecule has 0 fully saturated rings. The molecule has 2 rings (SSSR count). The van der Waals surface area contributed by atoms with Crippen LogP contribution in [0, 0.1) is 6.92 Å². The molecule has 0 aliphatic rings. The molecule has 2 nitrogen and oxygen atoms in total. The van der Waals surface area contributed by atoms with Crippen molar-refractivity contribution in [3.63, 3.8) is 0 Å². The van der Waals surface area contributed by atoms with Crippen molar-refractivity contribution in [1.29, 1.82) is 0 Å². The zero-order valence-electron chi connectivity index (χ0n) is 6.69. The predicted octanol–water partition coefficient (Wildman–Crippen LogP) is 2.51. The zero-order valence-corrected chi connectivity index (χ0v) is 7.51. The topological polar surface area (TPSA) is 25.8 Å². The minimum Gasteiger partial charge on any atom is -0.138 e. The van der Waals surface area contributed by atoms with Crippen LogP contribution in [0.1, 0.15) is 5.56 Å². The molecule has 1 heterocycles. The lowest BCUT2D eigenvalue weighted by Gasteiger charge is -1.95. The maximum absolute atomic E-state index is 4.00. The fourth-order valence-electron chi connectivity index (χ4n) is 1.09. The Morgan fingerprint density at radius 1 is 1.33 bits per heavy atom. The first-order valence-electron chi connectivity index (χ1n) is 3.70. The van der Waals surface area contributed by atoms with Gasteiger partial charge in [0.15, 0.2) is 0 Å². The minimum absolute atomic E-state index is 0.962. The van der Waals surface area contributed by atoms with Crippen LogP contribution in [-0.4, -0.2) is 9.59 Å². The van der Waals surface area contributed by atoms with Crippen molar-refractivity contribution in [2.75, 3.05) is 0 Å². The molecule has 0 unspecified atom stereocenters. The average molecular weight is 176 g/mol. The molecule has 60 valence electrons. The van der Waals surface area contributed by atoms with Gasteiger partial charge in [-0.3, -0.25) is 0 Å². The molecule has 0 amide bonds. The molecular formula is C9H8N2S. The number of rotatable bonds is 1. The fraction of sp³-hybridized carbons (Fsp3) is 0.111. The van der Waals surface area contributed by atoms with E-state index in [1.54, 1.807) is 0 Å². The lowest BCUT2D eigenvalue weighted by atomic mass is 10.1. The van der Waals surface area contributed by atoms with Gasteiger partial charge in [0.05, 0.1) is 0 Å². The van der Waals surface area contributed by atoms with Gasteiger partial charge in [0, 0.05) is 10.9 Å². The summed E-state index contributed by atoms with van der Waals surface area (Å²) in [6.45, 7) is 2.07. The summed E-state index contributed by atoms with van der Waals surface area (Å²) in [7, 11) is 0. The summed E-state index contributed by atoms with van der Waals surface area (Å²) in [5.41, 5.74) is 3.35. The molecule has 0 spiro atoms. The van der Waals surface area contributed by atoms with Crippen LogP contribution in [0.2, 0.25) is 0 Å². The molecule has 0 saturated heterocycles. The number of aromatic nitrogens is 2. The molecule has 0 N–H and O–H groups in total. The van der Waals surface area contributed by atoms with E-state index in [1.807, 2.05) is 17.5 Å². The second-order valence-electron chi connectivity index (χ2n) is 2.66. The molecule has 3 heteroatoms. The van der Waals surface area contributed by atoms with Gasteiger partial charge in [-0.2, -0.15) is 0 Å². The van der Waals surface area contributed by atoms with Crippen LogP contribution in [0.5, 0.6) is 0 Å². The van der Waals surface area contributed by atoms with Gasteiger partial charge in [0.25, 0.3) is 0 Å². The molecule has 12 heavy (non-hydrogen) atoms. The van der Waals surface area contributed by atoms with Gasteiger partial charge in [0.2, 0.25) is 0 Å². The van der Waals surface area contributed by atoms with Crippen molar-refractivity contribution < 1.29 is 0 Å². The standard InChI is InChI=1S/C9H8N2S/c1-7-3-2-4-8(5-7)9-6-12-11-10-9/h2-6H,1H3. The first-order valence-corrected chi connectivity index (χ1v) is 4.54. The summed E-state index contributed by atoms with van der Waals surface area (Å²) >= 11 is 1.38. The Morgan fingerprint density at radius 3 is 2.92 bits per heavy atom. The highest BCUT2D eigenvalue weighted by Gasteiger charge is 1.98. The zero-order chi connectivity index (χ0) is 8.39. The quantitative estimate of drug-likeness (QED) is 0.667. The van der Waals surface area contributed by atoms with E-state index in [9.17, 15) is 0 Å². The minimum atomic E-state index is 0.962. The van der Waals surface area contributed by atoms with Crippen molar-refractivity contribution in [3.8, 4) is 11.3 Å². The molecule has 0 bridgehead atoms. The maximum atomic E-state index is 4.00. The average Bonchev–Trinajstić information content (AvgIpc) is 2.56. The molecule has 0 aliphatic carbocycles. The molecule has 2 aromatic rings. The maximum Gasteiger partial charge on any atom is 0.105 e. The fourth-order valence-corrected chi connectivity index (χ4v) is 1.56. The third-order valence-corrected chi connectivity index (χ3v) is 2.18. The number of hydrogen-bond donors (Lipinski definition) is 0. The predicted molar refractivity (Wildman–Crippen MR) is 50.1 cm³/mol. The van der Waals surface area contributed by atoms with Crippen molar-refractivity contribution in [3.05, 3.63) is 35.2 Å².